The number of hydrogen-bond acceptors (Lipinski definition) is 5. The third-order valence-electron chi connectivity index (χ3n) is 4.13. The van der Waals surface area contributed by atoms with Crippen molar-refractivity contribution in [2.75, 3.05) is 12.5 Å². The Hall–Kier alpha value is -3.34. The Balaban J connectivity index is 1.67. The molecule has 5 heteroatoms. The number of ether oxygens (including phenoxy) is 2. The van der Waals surface area contributed by atoms with Gasteiger partial charge in [-0.2, -0.15) is 5.10 Å². The van der Waals surface area contributed by atoms with Gasteiger partial charge in [-0.05, 0) is 60.9 Å². The fourth-order valence-corrected chi connectivity index (χ4v) is 2.60. The van der Waals surface area contributed by atoms with Gasteiger partial charge < -0.3 is 9.47 Å². The van der Waals surface area contributed by atoms with Crippen molar-refractivity contribution < 1.29 is 9.47 Å². The van der Waals surface area contributed by atoms with Gasteiger partial charge in [0.1, 0.15) is 12.4 Å². The van der Waals surface area contributed by atoms with Crippen molar-refractivity contribution in [3.63, 3.8) is 0 Å². The van der Waals surface area contributed by atoms with Crippen LogP contribution < -0.4 is 14.9 Å². The fourth-order valence-electron chi connectivity index (χ4n) is 2.60. The molecule has 0 bridgehead atoms. The lowest BCUT2D eigenvalue weighted by atomic mass is 10.1. The maximum Gasteiger partial charge on any atom is 0.161 e. The van der Waals surface area contributed by atoms with Crippen LogP contribution in [0.3, 0.4) is 0 Å². The third kappa shape index (κ3) is 5.07. The van der Waals surface area contributed by atoms with Crippen LogP contribution in [0.1, 0.15) is 22.3 Å². The molecule has 0 fully saturated rings. The predicted molar refractivity (Wildman–Crippen MR) is 109 cm³/mol. The van der Waals surface area contributed by atoms with Gasteiger partial charge in [-0.1, -0.05) is 29.8 Å². The van der Waals surface area contributed by atoms with Crippen molar-refractivity contribution in [3.8, 4) is 11.5 Å². The van der Waals surface area contributed by atoms with E-state index in [1.807, 2.05) is 36.4 Å². The van der Waals surface area contributed by atoms with Crippen molar-refractivity contribution in [3.05, 3.63) is 83.0 Å². The van der Waals surface area contributed by atoms with Crippen LogP contribution >= 0.6 is 0 Å². The Morgan fingerprint density at radius 2 is 1.93 bits per heavy atom. The lowest BCUT2D eigenvalue weighted by Crippen LogP contribution is -2.01. The zero-order chi connectivity index (χ0) is 19.1. The molecule has 0 atom stereocenters. The summed E-state index contributed by atoms with van der Waals surface area (Å²) in [5.41, 5.74) is 7.39. The first-order valence-corrected chi connectivity index (χ1v) is 8.73. The molecule has 0 aliphatic carbocycles. The van der Waals surface area contributed by atoms with Gasteiger partial charge in [0.15, 0.2) is 11.5 Å². The summed E-state index contributed by atoms with van der Waals surface area (Å²) in [6.07, 6.45) is 3.43. The average Bonchev–Trinajstić information content (AvgIpc) is 2.70. The summed E-state index contributed by atoms with van der Waals surface area (Å²) in [5, 5.41) is 4.20. The second kappa shape index (κ2) is 8.85. The van der Waals surface area contributed by atoms with Crippen molar-refractivity contribution in [1.82, 2.24) is 4.98 Å². The molecule has 0 saturated carbocycles. The largest absolute Gasteiger partial charge is 0.493 e. The lowest BCUT2D eigenvalue weighted by molar-refractivity contribution is 0.284. The minimum atomic E-state index is 0.499. The fraction of sp³-hybridized carbons (Fsp3) is 0.182. The second-order valence-electron chi connectivity index (χ2n) is 6.21. The molecule has 0 aliphatic rings. The van der Waals surface area contributed by atoms with Crippen LogP contribution in [0.4, 0.5) is 5.82 Å². The molecule has 3 rings (SSSR count). The van der Waals surface area contributed by atoms with Crippen molar-refractivity contribution >= 4 is 12.0 Å². The topological polar surface area (TPSA) is 55.7 Å². The molecule has 0 aliphatic heterocycles. The summed E-state index contributed by atoms with van der Waals surface area (Å²) in [4.78, 5) is 4.15. The molecular weight excluding hydrogens is 338 g/mol. The normalized spacial score (nSPS) is 10.8. The number of aryl methyl sites for hydroxylation is 2. The van der Waals surface area contributed by atoms with E-state index in [1.165, 1.54) is 16.7 Å². The van der Waals surface area contributed by atoms with Gasteiger partial charge in [-0.25, -0.2) is 4.98 Å². The number of nitrogens with zero attached hydrogens (tertiary/aromatic N) is 2. The quantitative estimate of drug-likeness (QED) is 0.488. The van der Waals surface area contributed by atoms with E-state index < -0.39 is 0 Å². The van der Waals surface area contributed by atoms with Crippen LogP contribution in [0.15, 0.2) is 65.9 Å². The van der Waals surface area contributed by atoms with Crippen LogP contribution in [0.25, 0.3) is 0 Å². The number of rotatable bonds is 7. The van der Waals surface area contributed by atoms with E-state index in [1.54, 1.807) is 19.5 Å². The molecule has 2 aromatic carbocycles. The number of pyridine rings is 1. The highest BCUT2D eigenvalue weighted by Gasteiger charge is 2.07. The van der Waals surface area contributed by atoms with Crippen LogP contribution in [0, 0.1) is 13.8 Å². The Morgan fingerprint density at radius 1 is 1.04 bits per heavy atom. The van der Waals surface area contributed by atoms with Crippen LogP contribution in [0.2, 0.25) is 0 Å². The van der Waals surface area contributed by atoms with E-state index >= 15 is 0 Å². The average molecular weight is 361 g/mol. The van der Waals surface area contributed by atoms with E-state index in [4.69, 9.17) is 9.47 Å². The van der Waals surface area contributed by atoms with Gasteiger partial charge in [-0.15, -0.1) is 0 Å². The molecule has 0 amide bonds. The first-order valence-electron chi connectivity index (χ1n) is 8.73. The van der Waals surface area contributed by atoms with E-state index in [9.17, 15) is 0 Å². The Kier molecular flexibility index (Phi) is 6.05. The van der Waals surface area contributed by atoms with E-state index in [2.05, 4.69) is 47.6 Å². The molecular formula is C22H23N3O2. The van der Waals surface area contributed by atoms with Gasteiger partial charge in [0.2, 0.25) is 0 Å². The minimum Gasteiger partial charge on any atom is -0.493 e. The lowest BCUT2D eigenvalue weighted by Gasteiger charge is -2.13. The zero-order valence-corrected chi connectivity index (χ0v) is 15.8. The second-order valence-corrected chi connectivity index (χ2v) is 6.21. The summed E-state index contributed by atoms with van der Waals surface area (Å²) in [6.45, 7) is 4.67. The van der Waals surface area contributed by atoms with Gasteiger partial charge in [-0.3, -0.25) is 5.43 Å². The third-order valence-corrected chi connectivity index (χ3v) is 4.13. The molecule has 1 N–H and O–H groups in total. The summed E-state index contributed by atoms with van der Waals surface area (Å²) in [7, 11) is 1.63. The first-order chi connectivity index (χ1) is 13.2. The highest BCUT2D eigenvalue weighted by molar-refractivity contribution is 5.81. The molecule has 0 saturated heterocycles. The molecule has 1 aromatic heterocycles. The zero-order valence-electron chi connectivity index (χ0n) is 15.8. The summed E-state index contributed by atoms with van der Waals surface area (Å²) in [6, 6.07) is 17.7. The molecule has 0 spiro atoms. The summed E-state index contributed by atoms with van der Waals surface area (Å²) >= 11 is 0. The van der Waals surface area contributed by atoms with Crippen LogP contribution in [0.5, 0.6) is 11.5 Å². The first kappa shape index (κ1) is 18.5. The molecule has 1 heterocycles. The Labute approximate surface area is 159 Å². The standard InChI is InChI=1S/C22H23N3O2/c1-16-7-8-17(2)19(12-16)15-27-20-10-9-18(13-21(20)26-3)14-24-25-22-6-4-5-11-23-22/h4-14H,15H2,1-3H3,(H,23,25)/b24-14+. The Bertz CT molecular complexity index is 924. The number of hydrazone groups is 1. The highest BCUT2D eigenvalue weighted by Crippen LogP contribution is 2.28. The number of hydrogen-bond donors (Lipinski definition) is 1. The van der Waals surface area contributed by atoms with E-state index in [0.29, 0.717) is 23.9 Å². The minimum absolute atomic E-state index is 0.499. The van der Waals surface area contributed by atoms with Crippen molar-refractivity contribution in [1.29, 1.82) is 0 Å². The smallest absolute Gasteiger partial charge is 0.161 e. The molecule has 27 heavy (non-hydrogen) atoms. The molecule has 0 radical (unpaired) electrons. The Morgan fingerprint density at radius 3 is 2.70 bits per heavy atom. The number of nitrogens with one attached hydrogen (secondary N) is 1. The van der Waals surface area contributed by atoms with E-state index in [0.717, 1.165) is 5.56 Å². The van der Waals surface area contributed by atoms with Gasteiger partial charge in [0, 0.05) is 6.20 Å². The van der Waals surface area contributed by atoms with E-state index in [-0.39, 0.29) is 0 Å². The SMILES string of the molecule is COc1cc(/C=N/Nc2ccccn2)ccc1OCc1cc(C)ccc1C. The number of aromatic nitrogens is 1. The number of methoxy groups -OCH3 is 1. The maximum absolute atomic E-state index is 5.98. The van der Waals surface area contributed by atoms with Gasteiger partial charge in [0.05, 0.1) is 13.3 Å². The monoisotopic (exact) mass is 361 g/mol. The number of anilines is 1. The summed E-state index contributed by atoms with van der Waals surface area (Å²) in [5.74, 6) is 2.06. The van der Waals surface area contributed by atoms with Crippen molar-refractivity contribution in [2.45, 2.75) is 20.5 Å². The maximum atomic E-state index is 5.98. The molecule has 3 aromatic rings. The van der Waals surface area contributed by atoms with Crippen LogP contribution in [-0.2, 0) is 6.61 Å². The predicted octanol–water partition coefficient (Wildman–Crippen LogP) is 4.73. The highest BCUT2D eigenvalue weighted by atomic mass is 16.5. The van der Waals surface area contributed by atoms with Crippen molar-refractivity contribution in [2.24, 2.45) is 5.10 Å². The summed E-state index contributed by atoms with van der Waals surface area (Å²) < 4.78 is 11.5. The van der Waals surface area contributed by atoms with Gasteiger partial charge in [0.25, 0.3) is 0 Å². The van der Waals surface area contributed by atoms with Crippen LogP contribution in [-0.4, -0.2) is 18.3 Å². The number of benzene rings is 2. The van der Waals surface area contributed by atoms with Gasteiger partial charge >= 0.3 is 0 Å². The molecule has 0 unspecified atom stereocenters. The molecule has 138 valence electrons. The molecule has 5 nitrogen and oxygen atoms in total.